The van der Waals surface area contributed by atoms with Gasteiger partial charge in [0.1, 0.15) is 0 Å². The third-order valence-electron chi connectivity index (χ3n) is 3.91. The topological polar surface area (TPSA) is 76.7 Å². The minimum absolute atomic E-state index is 0.0535. The standard InChI is InChI=1S/C21H26N2O4/c1-21(2,3)15-9-11-16(12-10-15)23-19(24)13-22-20(25)14-27-18-8-6-5-7-17(18)26-4/h5-12H,13-14H2,1-4H3,(H,22,25)(H,23,24). The van der Waals surface area contributed by atoms with Crippen LogP contribution in [0.3, 0.4) is 0 Å². The SMILES string of the molecule is COc1ccccc1OCC(=O)NCC(=O)Nc1ccc(C(C)(C)C)cc1. The highest BCUT2D eigenvalue weighted by Crippen LogP contribution is 2.25. The van der Waals surface area contributed by atoms with Crippen LogP contribution in [-0.4, -0.2) is 32.1 Å². The number of benzene rings is 2. The molecule has 2 aromatic carbocycles. The maximum Gasteiger partial charge on any atom is 0.258 e. The summed E-state index contributed by atoms with van der Waals surface area (Å²) in [4.78, 5) is 23.9. The van der Waals surface area contributed by atoms with E-state index >= 15 is 0 Å². The van der Waals surface area contributed by atoms with Crippen LogP contribution in [0.15, 0.2) is 48.5 Å². The van der Waals surface area contributed by atoms with E-state index in [0.717, 1.165) is 0 Å². The number of para-hydroxylation sites is 2. The highest BCUT2D eigenvalue weighted by Gasteiger charge is 2.13. The molecule has 27 heavy (non-hydrogen) atoms. The average Bonchev–Trinajstić information content (AvgIpc) is 2.64. The van der Waals surface area contributed by atoms with E-state index < -0.39 is 0 Å². The summed E-state index contributed by atoms with van der Waals surface area (Å²) < 4.78 is 10.6. The Kier molecular flexibility index (Phi) is 6.82. The highest BCUT2D eigenvalue weighted by molar-refractivity contribution is 5.94. The summed E-state index contributed by atoms with van der Waals surface area (Å²) in [5.41, 5.74) is 1.92. The van der Waals surface area contributed by atoms with Gasteiger partial charge >= 0.3 is 0 Å². The van der Waals surface area contributed by atoms with Crippen molar-refractivity contribution in [3.63, 3.8) is 0 Å². The Balaban J connectivity index is 1.77. The second-order valence-electron chi connectivity index (χ2n) is 7.09. The first-order valence-corrected chi connectivity index (χ1v) is 8.72. The van der Waals surface area contributed by atoms with Gasteiger partial charge in [0, 0.05) is 5.69 Å². The Labute approximate surface area is 159 Å². The molecule has 6 nitrogen and oxygen atoms in total. The van der Waals surface area contributed by atoms with E-state index in [-0.39, 0.29) is 30.4 Å². The lowest BCUT2D eigenvalue weighted by atomic mass is 9.87. The smallest absolute Gasteiger partial charge is 0.258 e. The Morgan fingerprint density at radius 1 is 0.926 bits per heavy atom. The number of rotatable bonds is 7. The third kappa shape index (κ3) is 6.33. The molecule has 0 aromatic heterocycles. The first kappa shape index (κ1) is 20.3. The number of carbonyl (C=O) groups is 2. The van der Waals surface area contributed by atoms with Crippen LogP contribution >= 0.6 is 0 Å². The molecule has 0 bridgehead atoms. The zero-order valence-electron chi connectivity index (χ0n) is 16.2. The Morgan fingerprint density at radius 2 is 1.56 bits per heavy atom. The molecule has 2 amide bonds. The van der Waals surface area contributed by atoms with Gasteiger partial charge in [-0.25, -0.2) is 0 Å². The Hall–Kier alpha value is -3.02. The van der Waals surface area contributed by atoms with Crippen LogP contribution in [0.25, 0.3) is 0 Å². The number of methoxy groups -OCH3 is 1. The second kappa shape index (κ2) is 9.07. The zero-order valence-corrected chi connectivity index (χ0v) is 16.2. The summed E-state index contributed by atoms with van der Waals surface area (Å²) in [6.45, 7) is 6.05. The Bertz CT molecular complexity index is 780. The van der Waals surface area contributed by atoms with E-state index in [1.54, 1.807) is 18.2 Å². The van der Waals surface area contributed by atoms with Crippen molar-refractivity contribution in [3.05, 3.63) is 54.1 Å². The van der Waals surface area contributed by atoms with Crippen molar-refractivity contribution in [3.8, 4) is 11.5 Å². The lowest BCUT2D eigenvalue weighted by Gasteiger charge is -2.19. The predicted octanol–water partition coefficient (Wildman–Crippen LogP) is 3.13. The van der Waals surface area contributed by atoms with Crippen molar-refractivity contribution in [1.29, 1.82) is 0 Å². The highest BCUT2D eigenvalue weighted by atomic mass is 16.5. The van der Waals surface area contributed by atoms with E-state index in [9.17, 15) is 9.59 Å². The minimum atomic E-state index is -0.390. The predicted molar refractivity (Wildman–Crippen MR) is 105 cm³/mol. The molecule has 0 saturated carbocycles. The zero-order chi connectivity index (χ0) is 19.9. The molecule has 2 N–H and O–H groups in total. The number of anilines is 1. The largest absolute Gasteiger partial charge is 0.493 e. The normalized spacial score (nSPS) is 10.8. The van der Waals surface area contributed by atoms with Crippen LogP contribution in [0, 0.1) is 0 Å². The molecule has 0 aliphatic heterocycles. The number of hydrogen-bond donors (Lipinski definition) is 2. The lowest BCUT2D eigenvalue weighted by molar-refractivity contribution is -0.125. The fraction of sp³-hybridized carbons (Fsp3) is 0.333. The average molecular weight is 370 g/mol. The molecule has 0 spiro atoms. The molecule has 0 atom stereocenters. The van der Waals surface area contributed by atoms with Crippen LogP contribution in [-0.2, 0) is 15.0 Å². The molecular formula is C21H26N2O4. The quantitative estimate of drug-likeness (QED) is 0.785. The monoisotopic (exact) mass is 370 g/mol. The molecule has 0 fully saturated rings. The fourth-order valence-electron chi connectivity index (χ4n) is 2.37. The van der Waals surface area contributed by atoms with Crippen molar-refractivity contribution in [2.45, 2.75) is 26.2 Å². The molecule has 144 valence electrons. The van der Waals surface area contributed by atoms with E-state index in [4.69, 9.17) is 9.47 Å². The van der Waals surface area contributed by atoms with Crippen LogP contribution in [0.5, 0.6) is 11.5 Å². The number of ether oxygens (including phenoxy) is 2. The van der Waals surface area contributed by atoms with Crippen LogP contribution in [0.4, 0.5) is 5.69 Å². The summed E-state index contributed by atoms with van der Waals surface area (Å²) in [6, 6.07) is 14.7. The van der Waals surface area contributed by atoms with Crippen molar-refractivity contribution >= 4 is 17.5 Å². The van der Waals surface area contributed by atoms with E-state index in [2.05, 4.69) is 31.4 Å². The van der Waals surface area contributed by atoms with Gasteiger partial charge in [-0.3, -0.25) is 9.59 Å². The minimum Gasteiger partial charge on any atom is -0.493 e. The molecule has 0 saturated heterocycles. The van der Waals surface area contributed by atoms with Gasteiger partial charge in [0.2, 0.25) is 5.91 Å². The van der Waals surface area contributed by atoms with Gasteiger partial charge in [-0.15, -0.1) is 0 Å². The Morgan fingerprint density at radius 3 is 2.15 bits per heavy atom. The molecule has 0 aliphatic rings. The summed E-state index contributed by atoms with van der Waals surface area (Å²) in [6.07, 6.45) is 0. The molecular weight excluding hydrogens is 344 g/mol. The van der Waals surface area contributed by atoms with Crippen LogP contribution < -0.4 is 20.1 Å². The second-order valence-corrected chi connectivity index (χ2v) is 7.09. The van der Waals surface area contributed by atoms with Gasteiger partial charge in [0.05, 0.1) is 13.7 Å². The number of carbonyl (C=O) groups excluding carboxylic acids is 2. The molecule has 2 rings (SSSR count). The third-order valence-corrected chi connectivity index (χ3v) is 3.91. The maximum absolute atomic E-state index is 12.0. The number of amides is 2. The summed E-state index contributed by atoms with van der Waals surface area (Å²) in [7, 11) is 1.53. The number of hydrogen-bond acceptors (Lipinski definition) is 4. The first-order chi connectivity index (χ1) is 12.8. The van der Waals surface area contributed by atoms with Gasteiger partial charge in [0.15, 0.2) is 18.1 Å². The lowest BCUT2D eigenvalue weighted by Crippen LogP contribution is -2.35. The summed E-state index contributed by atoms with van der Waals surface area (Å²) >= 11 is 0. The van der Waals surface area contributed by atoms with Crippen LogP contribution in [0.2, 0.25) is 0 Å². The van der Waals surface area contributed by atoms with Crippen molar-refractivity contribution in [2.24, 2.45) is 0 Å². The fourth-order valence-corrected chi connectivity index (χ4v) is 2.37. The van der Waals surface area contributed by atoms with E-state index in [1.165, 1.54) is 12.7 Å². The van der Waals surface area contributed by atoms with E-state index in [0.29, 0.717) is 17.2 Å². The van der Waals surface area contributed by atoms with Crippen molar-refractivity contribution in [1.82, 2.24) is 5.32 Å². The molecule has 0 aliphatic carbocycles. The molecule has 0 unspecified atom stereocenters. The molecule has 0 radical (unpaired) electrons. The number of nitrogens with one attached hydrogen (secondary N) is 2. The molecule has 6 heteroatoms. The van der Waals surface area contributed by atoms with Gasteiger partial charge in [0.25, 0.3) is 5.91 Å². The van der Waals surface area contributed by atoms with Crippen LogP contribution in [0.1, 0.15) is 26.3 Å². The van der Waals surface area contributed by atoms with Crippen molar-refractivity contribution < 1.29 is 19.1 Å². The maximum atomic E-state index is 12.0. The van der Waals surface area contributed by atoms with Gasteiger partial charge in [-0.2, -0.15) is 0 Å². The first-order valence-electron chi connectivity index (χ1n) is 8.72. The van der Waals surface area contributed by atoms with Gasteiger partial charge in [-0.05, 0) is 35.2 Å². The van der Waals surface area contributed by atoms with Crippen molar-refractivity contribution in [2.75, 3.05) is 25.6 Å². The van der Waals surface area contributed by atoms with E-state index in [1.807, 2.05) is 30.3 Å². The molecule has 2 aromatic rings. The summed E-state index contributed by atoms with van der Waals surface area (Å²) in [5.74, 6) is 0.323. The van der Waals surface area contributed by atoms with Gasteiger partial charge < -0.3 is 20.1 Å². The van der Waals surface area contributed by atoms with Gasteiger partial charge in [-0.1, -0.05) is 45.0 Å². The summed E-state index contributed by atoms with van der Waals surface area (Å²) in [5, 5.41) is 5.28. The molecule has 0 heterocycles.